The Hall–Kier alpha value is -1.59. The molecule has 0 aliphatic carbocycles. The summed E-state index contributed by atoms with van der Waals surface area (Å²) in [6.45, 7) is 1.36. The molecular weight excluding hydrogens is 274 g/mol. The molecule has 2 atom stereocenters. The highest BCUT2D eigenvalue weighted by molar-refractivity contribution is 5.82. The molecule has 1 heterocycles. The molecule has 0 radical (unpaired) electrons. The van der Waals surface area contributed by atoms with Gasteiger partial charge in [0.2, 0.25) is 0 Å². The number of carbonyl (C=O) groups is 1. The Balaban J connectivity index is 2.35. The molecule has 0 bridgehead atoms. The lowest BCUT2D eigenvalue weighted by molar-refractivity contribution is -0.190. The maximum atomic E-state index is 13.9. The second-order valence-corrected chi connectivity index (χ2v) is 4.90. The number of benzene rings is 1. The summed E-state index contributed by atoms with van der Waals surface area (Å²) in [6.07, 6.45) is -6.24. The van der Waals surface area contributed by atoms with E-state index in [9.17, 15) is 22.4 Å². The fraction of sp³-hybridized carbons (Fsp3) is 0.500. The van der Waals surface area contributed by atoms with E-state index in [4.69, 9.17) is 0 Å². The summed E-state index contributed by atoms with van der Waals surface area (Å²) in [5.74, 6) is -1.96. The highest BCUT2D eigenvalue weighted by atomic mass is 19.4. The summed E-state index contributed by atoms with van der Waals surface area (Å²) in [7, 11) is 0. The summed E-state index contributed by atoms with van der Waals surface area (Å²) < 4.78 is 51.9. The molecule has 0 fully saturated rings. The number of rotatable bonds is 2. The molecule has 0 saturated carbocycles. The molecule has 0 N–H and O–H groups in total. The van der Waals surface area contributed by atoms with Gasteiger partial charge >= 0.3 is 12.1 Å². The van der Waals surface area contributed by atoms with E-state index >= 15 is 0 Å². The SMILES string of the molecule is CCC(F)C1Cc2ccccc2CN1C(=O)C(F)(F)F. The monoisotopic (exact) mass is 289 g/mol. The first-order valence-electron chi connectivity index (χ1n) is 6.43. The molecule has 1 aromatic carbocycles. The van der Waals surface area contributed by atoms with Crippen LogP contribution in [0.2, 0.25) is 0 Å². The fourth-order valence-corrected chi connectivity index (χ4v) is 2.53. The number of amides is 1. The molecule has 0 aromatic heterocycles. The average Bonchev–Trinajstić information content (AvgIpc) is 2.43. The first-order valence-corrected chi connectivity index (χ1v) is 6.43. The number of nitrogens with zero attached hydrogens (tertiary/aromatic N) is 1. The van der Waals surface area contributed by atoms with E-state index in [-0.39, 0.29) is 19.4 Å². The van der Waals surface area contributed by atoms with Gasteiger partial charge in [0.15, 0.2) is 0 Å². The van der Waals surface area contributed by atoms with Crippen molar-refractivity contribution in [3.8, 4) is 0 Å². The van der Waals surface area contributed by atoms with Gasteiger partial charge in [0.05, 0.1) is 6.04 Å². The molecule has 1 aliphatic rings. The van der Waals surface area contributed by atoms with Crippen LogP contribution in [-0.4, -0.2) is 29.2 Å². The van der Waals surface area contributed by atoms with E-state index in [1.165, 1.54) is 0 Å². The molecule has 0 saturated heterocycles. The third kappa shape index (κ3) is 2.78. The summed E-state index contributed by atoms with van der Waals surface area (Å²) in [4.78, 5) is 12.1. The third-order valence-electron chi connectivity index (χ3n) is 3.60. The molecule has 0 spiro atoms. The molecule has 1 aromatic rings. The minimum absolute atomic E-state index is 0.0778. The van der Waals surface area contributed by atoms with Crippen LogP contribution in [0.1, 0.15) is 24.5 Å². The summed E-state index contributed by atoms with van der Waals surface area (Å²) in [6, 6.07) is 5.84. The summed E-state index contributed by atoms with van der Waals surface area (Å²) in [5.41, 5.74) is 1.45. The third-order valence-corrected chi connectivity index (χ3v) is 3.60. The Morgan fingerprint density at radius 2 is 1.95 bits per heavy atom. The largest absolute Gasteiger partial charge is 0.471 e. The van der Waals surface area contributed by atoms with Crippen molar-refractivity contribution in [2.75, 3.05) is 0 Å². The predicted octanol–water partition coefficient (Wildman–Crippen LogP) is 3.25. The van der Waals surface area contributed by atoms with Gasteiger partial charge in [-0.2, -0.15) is 13.2 Å². The van der Waals surface area contributed by atoms with Crippen molar-refractivity contribution in [2.24, 2.45) is 0 Å². The van der Waals surface area contributed by atoms with Crippen LogP contribution in [0.15, 0.2) is 24.3 Å². The summed E-state index contributed by atoms with van der Waals surface area (Å²) in [5, 5.41) is 0. The lowest BCUT2D eigenvalue weighted by Gasteiger charge is -2.38. The highest BCUT2D eigenvalue weighted by Crippen LogP contribution is 2.31. The van der Waals surface area contributed by atoms with Crippen LogP contribution in [0.3, 0.4) is 0 Å². The van der Waals surface area contributed by atoms with E-state index in [2.05, 4.69) is 0 Å². The van der Waals surface area contributed by atoms with Gasteiger partial charge in [-0.15, -0.1) is 0 Å². The minimum atomic E-state index is -4.97. The Bertz CT molecular complexity index is 500. The predicted molar refractivity (Wildman–Crippen MR) is 65.7 cm³/mol. The molecule has 1 aliphatic heterocycles. The minimum Gasteiger partial charge on any atom is -0.324 e. The molecule has 20 heavy (non-hydrogen) atoms. The van der Waals surface area contributed by atoms with Crippen molar-refractivity contribution in [3.05, 3.63) is 35.4 Å². The van der Waals surface area contributed by atoms with Crippen LogP contribution in [0.4, 0.5) is 17.6 Å². The number of carbonyl (C=O) groups excluding carboxylic acids is 1. The van der Waals surface area contributed by atoms with Gasteiger partial charge in [-0.3, -0.25) is 4.79 Å². The Morgan fingerprint density at radius 1 is 1.35 bits per heavy atom. The van der Waals surface area contributed by atoms with Gasteiger partial charge in [-0.1, -0.05) is 31.2 Å². The topological polar surface area (TPSA) is 20.3 Å². The second kappa shape index (κ2) is 5.42. The zero-order chi connectivity index (χ0) is 14.9. The molecule has 1 amide bonds. The van der Waals surface area contributed by atoms with Gasteiger partial charge in [0, 0.05) is 6.54 Å². The van der Waals surface area contributed by atoms with Crippen LogP contribution in [0.5, 0.6) is 0 Å². The van der Waals surface area contributed by atoms with E-state index in [1.807, 2.05) is 0 Å². The lowest BCUT2D eigenvalue weighted by atomic mass is 9.90. The molecular formula is C14H15F4NO. The van der Waals surface area contributed by atoms with E-state index in [1.54, 1.807) is 31.2 Å². The zero-order valence-corrected chi connectivity index (χ0v) is 11.0. The van der Waals surface area contributed by atoms with Gasteiger partial charge in [-0.25, -0.2) is 4.39 Å². The zero-order valence-electron chi connectivity index (χ0n) is 11.0. The number of hydrogen-bond donors (Lipinski definition) is 0. The van der Waals surface area contributed by atoms with Crippen molar-refractivity contribution in [2.45, 2.75) is 44.7 Å². The Kier molecular flexibility index (Phi) is 4.01. The van der Waals surface area contributed by atoms with E-state index in [0.29, 0.717) is 10.5 Å². The van der Waals surface area contributed by atoms with Crippen LogP contribution in [-0.2, 0) is 17.8 Å². The van der Waals surface area contributed by atoms with Crippen molar-refractivity contribution < 1.29 is 22.4 Å². The van der Waals surface area contributed by atoms with E-state index < -0.39 is 24.3 Å². The first-order chi connectivity index (χ1) is 9.34. The number of halogens is 4. The second-order valence-electron chi connectivity index (χ2n) is 4.90. The van der Waals surface area contributed by atoms with Gasteiger partial charge in [-0.05, 0) is 24.0 Å². The highest BCUT2D eigenvalue weighted by Gasteiger charge is 2.47. The van der Waals surface area contributed by atoms with Crippen LogP contribution in [0, 0.1) is 0 Å². The average molecular weight is 289 g/mol. The standard InChI is InChI=1S/C14H15F4NO/c1-2-11(15)12-7-9-5-3-4-6-10(9)8-19(12)13(20)14(16,17)18/h3-6,11-12H,2,7-8H2,1H3. The molecule has 2 unspecified atom stereocenters. The summed E-state index contributed by atoms with van der Waals surface area (Å²) >= 11 is 0. The van der Waals surface area contributed by atoms with Crippen molar-refractivity contribution in [1.82, 2.24) is 4.90 Å². The molecule has 6 heteroatoms. The Morgan fingerprint density at radius 3 is 2.50 bits per heavy atom. The molecule has 2 nitrogen and oxygen atoms in total. The smallest absolute Gasteiger partial charge is 0.324 e. The number of fused-ring (bicyclic) bond motifs is 1. The van der Waals surface area contributed by atoms with Gasteiger partial charge in [0.1, 0.15) is 6.17 Å². The molecule has 2 rings (SSSR count). The van der Waals surface area contributed by atoms with Crippen molar-refractivity contribution >= 4 is 5.91 Å². The van der Waals surface area contributed by atoms with Crippen molar-refractivity contribution in [1.29, 1.82) is 0 Å². The van der Waals surface area contributed by atoms with Crippen LogP contribution >= 0.6 is 0 Å². The molecule has 110 valence electrons. The van der Waals surface area contributed by atoms with Crippen molar-refractivity contribution in [3.63, 3.8) is 0 Å². The maximum Gasteiger partial charge on any atom is 0.471 e. The fourth-order valence-electron chi connectivity index (χ4n) is 2.53. The van der Waals surface area contributed by atoms with Gasteiger partial charge < -0.3 is 4.90 Å². The number of alkyl halides is 4. The maximum absolute atomic E-state index is 13.9. The quantitative estimate of drug-likeness (QED) is 0.765. The Labute approximate surface area is 114 Å². The number of hydrogen-bond acceptors (Lipinski definition) is 1. The van der Waals surface area contributed by atoms with Crippen LogP contribution < -0.4 is 0 Å². The normalized spacial score (nSPS) is 20.4. The first kappa shape index (κ1) is 14.8. The van der Waals surface area contributed by atoms with Gasteiger partial charge in [0.25, 0.3) is 0 Å². The lowest BCUT2D eigenvalue weighted by Crippen LogP contribution is -2.53. The van der Waals surface area contributed by atoms with E-state index in [0.717, 1.165) is 5.56 Å². The van der Waals surface area contributed by atoms with Crippen LogP contribution in [0.25, 0.3) is 0 Å².